The molecule has 1 N–H and O–H groups in total. The van der Waals surface area contributed by atoms with E-state index in [2.05, 4.69) is 20.4 Å². The van der Waals surface area contributed by atoms with Crippen LogP contribution in [0, 0.1) is 5.82 Å². The average molecular weight is 491 g/mol. The number of ether oxygens (including phenoxy) is 2. The fourth-order valence-corrected chi connectivity index (χ4v) is 5.07. The number of aromatic nitrogens is 2. The topological polar surface area (TPSA) is 76.6 Å². The molecule has 1 saturated heterocycles. The zero-order chi connectivity index (χ0) is 24.3. The summed E-state index contributed by atoms with van der Waals surface area (Å²) < 4.78 is 25.2. The minimum absolute atomic E-state index is 0.0000764. The second kappa shape index (κ2) is 10.4. The highest BCUT2D eigenvalue weighted by Gasteiger charge is 2.42. The third-order valence-electron chi connectivity index (χ3n) is 6.33. The Kier molecular flexibility index (Phi) is 7.57. The fourth-order valence-electron chi connectivity index (χ4n) is 4.93. The van der Waals surface area contributed by atoms with Gasteiger partial charge in [-0.2, -0.15) is 5.10 Å². The van der Waals surface area contributed by atoms with Crippen molar-refractivity contribution in [1.29, 1.82) is 0 Å². The number of carbonyl (C=O) groups excluding carboxylic acids is 1. The van der Waals surface area contributed by atoms with Crippen LogP contribution in [0.3, 0.4) is 0 Å². The fraction of sp³-hybridized carbons (Fsp3) is 0.560. The summed E-state index contributed by atoms with van der Waals surface area (Å²) in [5.41, 5.74) is 0.554. The molecule has 0 spiro atoms. The molecule has 4 atom stereocenters. The lowest BCUT2D eigenvalue weighted by Crippen LogP contribution is -2.54. The van der Waals surface area contributed by atoms with E-state index in [0.717, 1.165) is 37.8 Å². The molecule has 1 aromatic carbocycles. The van der Waals surface area contributed by atoms with Gasteiger partial charge in [-0.05, 0) is 76.6 Å². The van der Waals surface area contributed by atoms with Crippen LogP contribution < -0.4 is 10.1 Å². The third-order valence-corrected chi connectivity index (χ3v) is 6.53. The molecule has 2 heterocycles. The van der Waals surface area contributed by atoms with E-state index in [1.165, 1.54) is 18.3 Å². The molecule has 1 aliphatic carbocycles. The zero-order valence-corrected chi connectivity index (χ0v) is 20.6. The maximum atomic E-state index is 13.5. The van der Waals surface area contributed by atoms with Crippen LogP contribution in [-0.2, 0) is 4.74 Å². The van der Waals surface area contributed by atoms with Crippen LogP contribution in [-0.4, -0.2) is 58.1 Å². The Morgan fingerprint density at radius 1 is 1.24 bits per heavy atom. The van der Waals surface area contributed by atoms with Gasteiger partial charge in [0, 0.05) is 24.7 Å². The van der Waals surface area contributed by atoms with Crippen molar-refractivity contribution in [1.82, 2.24) is 20.4 Å². The van der Waals surface area contributed by atoms with Gasteiger partial charge in [-0.3, -0.25) is 4.90 Å². The lowest BCUT2D eigenvalue weighted by Gasteiger charge is -2.39. The van der Waals surface area contributed by atoms with E-state index in [1.807, 2.05) is 32.9 Å². The first-order chi connectivity index (χ1) is 16.2. The van der Waals surface area contributed by atoms with Crippen molar-refractivity contribution in [2.45, 2.75) is 76.2 Å². The molecule has 1 amide bonds. The summed E-state index contributed by atoms with van der Waals surface area (Å²) in [5.74, 6) is 0.372. The number of amides is 1. The first kappa shape index (κ1) is 24.7. The van der Waals surface area contributed by atoms with Crippen molar-refractivity contribution in [3.63, 3.8) is 0 Å². The van der Waals surface area contributed by atoms with Crippen LogP contribution in [0.1, 0.15) is 57.9 Å². The molecule has 1 saturated carbocycles. The number of alkyl carbamates (subject to hydrolysis) is 1. The number of likely N-dealkylation sites (tertiary alicyclic amines) is 1. The minimum Gasteiger partial charge on any atom is -0.472 e. The summed E-state index contributed by atoms with van der Waals surface area (Å²) in [6, 6.07) is 8.48. The van der Waals surface area contributed by atoms with Gasteiger partial charge in [-0.15, -0.1) is 5.10 Å². The quantitative estimate of drug-likeness (QED) is 0.639. The summed E-state index contributed by atoms with van der Waals surface area (Å²) in [6.45, 7) is 7.19. The van der Waals surface area contributed by atoms with Crippen molar-refractivity contribution in [3.05, 3.63) is 52.9 Å². The number of nitrogens with one attached hydrogen (secondary N) is 1. The Labute approximate surface area is 205 Å². The summed E-state index contributed by atoms with van der Waals surface area (Å²) in [5, 5.41) is 11.5. The van der Waals surface area contributed by atoms with Crippen molar-refractivity contribution < 1.29 is 18.7 Å². The van der Waals surface area contributed by atoms with Gasteiger partial charge in [0.25, 0.3) is 0 Å². The molecule has 0 bridgehead atoms. The number of rotatable bonds is 5. The Morgan fingerprint density at radius 3 is 2.71 bits per heavy atom. The molecule has 2 aliphatic rings. The van der Waals surface area contributed by atoms with Crippen molar-refractivity contribution in [3.8, 4) is 5.88 Å². The lowest BCUT2D eigenvalue weighted by molar-refractivity contribution is 0.0383. The first-order valence-corrected chi connectivity index (χ1v) is 12.2. The van der Waals surface area contributed by atoms with Crippen LogP contribution in [0.5, 0.6) is 5.88 Å². The van der Waals surface area contributed by atoms with Crippen LogP contribution in [0.4, 0.5) is 9.18 Å². The molecular weight excluding hydrogens is 459 g/mol. The van der Waals surface area contributed by atoms with Crippen molar-refractivity contribution in [2.24, 2.45) is 0 Å². The SMILES string of the molecule is CC(C)(C)OC(=O)N[C@@H]1CCCN(C2CC(c3ccc(F)cc3)CC2Oc2cc(Cl)cnn2)C1. The van der Waals surface area contributed by atoms with Gasteiger partial charge in [0.1, 0.15) is 17.5 Å². The lowest BCUT2D eigenvalue weighted by atomic mass is 9.97. The summed E-state index contributed by atoms with van der Waals surface area (Å²) in [4.78, 5) is 14.7. The molecule has 2 aromatic rings. The summed E-state index contributed by atoms with van der Waals surface area (Å²) >= 11 is 6.09. The van der Waals surface area contributed by atoms with Gasteiger partial charge >= 0.3 is 6.09 Å². The number of carbonyl (C=O) groups is 1. The molecule has 2 fully saturated rings. The largest absolute Gasteiger partial charge is 0.472 e. The van der Waals surface area contributed by atoms with Crippen LogP contribution >= 0.6 is 11.6 Å². The predicted molar refractivity (Wildman–Crippen MR) is 128 cm³/mol. The van der Waals surface area contributed by atoms with E-state index in [4.69, 9.17) is 21.1 Å². The Balaban J connectivity index is 1.48. The molecule has 34 heavy (non-hydrogen) atoms. The van der Waals surface area contributed by atoms with E-state index in [1.54, 1.807) is 6.07 Å². The second-order valence-electron chi connectivity index (χ2n) is 10.1. The molecule has 4 rings (SSSR count). The molecule has 7 nitrogen and oxygen atoms in total. The third kappa shape index (κ3) is 6.57. The van der Waals surface area contributed by atoms with Gasteiger partial charge in [0.15, 0.2) is 0 Å². The Morgan fingerprint density at radius 2 is 2.00 bits per heavy atom. The van der Waals surface area contributed by atoms with Crippen molar-refractivity contribution in [2.75, 3.05) is 13.1 Å². The maximum absolute atomic E-state index is 13.5. The number of nitrogens with zero attached hydrogens (tertiary/aromatic N) is 3. The van der Waals surface area contributed by atoms with Gasteiger partial charge < -0.3 is 14.8 Å². The van der Waals surface area contributed by atoms with Gasteiger partial charge in [-0.1, -0.05) is 23.7 Å². The van der Waals surface area contributed by atoms with E-state index in [-0.39, 0.29) is 29.9 Å². The minimum atomic E-state index is -0.538. The van der Waals surface area contributed by atoms with E-state index in [0.29, 0.717) is 17.4 Å². The standard InChI is InChI=1S/C25H32ClFN4O3/c1-25(2,3)34-24(32)29-20-5-4-10-31(15-20)21-11-17(16-6-8-19(27)9-7-16)12-22(21)33-23-13-18(26)14-28-30-23/h6-9,13-14,17,20-22H,4-5,10-12,15H2,1-3H3,(H,29,32)/t17?,20-,21?,22?/m1/s1. The number of halogens is 2. The number of piperidine rings is 1. The summed E-state index contributed by atoms with van der Waals surface area (Å²) in [6.07, 6.45) is 4.44. The highest BCUT2D eigenvalue weighted by molar-refractivity contribution is 6.30. The molecule has 3 unspecified atom stereocenters. The maximum Gasteiger partial charge on any atom is 0.407 e. The first-order valence-electron chi connectivity index (χ1n) is 11.8. The van der Waals surface area contributed by atoms with Crippen molar-refractivity contribution >= 4 is 17.7 Å². The molecule has 0 radical (unpaired) electrons. The summed E-state index contributed by atoms with van der Waals surface area (Å²) in [7, 11) is 0. The van der Waals surface area contributed by atoms with E-state index in [9.17, 15) is 9.18 Å². The zero-order valence-electron chi connectivity index (χ0n) is 19.8. The smallest absolute Gasteiger partial charge is 0.407 e. The average Bonchev–Trinajstić information content (AvgIpc) is 3.17. The van der Waals surface area contributed by atoms with E-state index >= 15 is 0 Å². The number of benzene rings is 1. The molecule has 9 heteroatoms. The van der Waals surface area contributed by atoms with Crippen LogP contribution in [0.25, 0.3) is 0 Å². The monoisotopic (exact) mass is 490 g/mol. The molecular formula is C25H32ClFN4O3. The molecule has 1 aromatic heterocycles. The Bertz CT molecular complexity index is 985. The van der Waals surface area contributed by atoms with Gasteiger partial charge in [-0.25, -0.2) is 9.18 Å². The highest BCUT2D eigenvalue weighted by atomic mass is 35.5. The van der Waals surface area contributed by atoms with E-state index < -0.39 is 11.7 Å². The normalized spacial score (nSPS) is 25.7. The number of hydrogen-bond donors (Lipinski definition) is 1. The number of hydrogen-bond acceptors (Lipinski definition) is 6. The molecule has 1 aliphatic heterocycles. The second-order valence-corrected chi connectivity index (χ2v) is 10.6. The van der Waals surface area contributed by atoms with Crippen LogP contribution in [0.2, 0.25) is 5.02 Å². The molecule has 184 valence electrons. The Hall–Kier alpha value is -2.45. The van der Waals surface area contributed by atoms with Gasteiger partial charge in [0.2, 0.25) is 5.88 Å². The highest BCUT2D eigenvalue weighted by Crippen LogP contribution is 2.40. The predicted octanol–water partition coefficient (Wildman–Crippen LogP) is 4.95. The van der Waals surface area contributed by atoms with Crippen LogP contribution in [0.15, 0.2) is 36.5 Å². The van der Waals surface area contributed by atoms with Gasteiger partial charge in [0.05, 0.1) is 11.2 Å².